The standard InChI is InChI=1S/C21H26F2N4O2/c1-13-7-14(25-19(29)12-26-10-15(28)11-26)9-27(8-13)18-5-4-17(21(22)23)20-16(18)3-2-6-24-20/h2-6,13-15,21,28H,7-12H2,1H3,(H,25,29)/t13-,14+/m0/s1. The van der Waals surface area contributed by atoms with Crippen molar-refractivity contribution in [3.8, 4) is 0 Å². The van der Waals surface area contributed by atoms with Gasteiger partial charge < -0.3 is 15.3 Å². The fourth-order valence-electron chi connectivity index (χ4n) is 4.43. The summed E-state index contributed by atoms with van der Waals surface area (Å²) in [5.41, 5.74) is 1.14. The van der Waals surface area contributed by atoms with Crippen molar-refractivity contribution in [3.63, 3.8) is 0 Å². The van der Waals surface area contributed by atoms with Crippen LogP contribution in [0, 0.1) is 5.92 Å². The molecular formula is C21H26F2N4O2. The lowest BCUT2D eigenvalue weighted by Gasteiger charge is -2.40. The molecule has 2 aromatic rings. The third kappa shape index (κ3) is 4.33. The van der Waals surface area contributed by atoms with Gasteiger partial charge >= 0.3 is 0 Å². The zero-order valence-corrected chi connectivity index (χ0v) is 16.4. The van der Waals surface area contributed by atoms with Crippen LogP contribution >= 0.6 is 0 Å². The summed E-state index contributed by atoms with van der Waals surface area (Å²) in [6.07, 6.45) is -0.497. The highest BCUT2D eigenvalue weighted by Gasteiger charge is 2.30. The normalized spacial score (nSPS) is 23.4. The number of carbonyl (C=O) groups is 1. The highest BCUT2D eigenvalue weighted by molar-refractivity contribution is 5.94. The number of piperidine rings is 1. The Balaban J connectivity index is 1.51. The number of benzene rings is 1. The number of anilines is 1. The summed E-state index contributed by atoms with van der Waals surface area (Å²) in [5, 5.41) is 13.2. The third-order valence-corrected chi connectivity index (χ3v) is 5.68. The Hall–Kier alpha value is -2.32. The van der Waals surface area contributed by atoms with E-state index in [1.165, 1.54) is 12.3 Å². The van der Waals surface area contributed by atoms with E-state index in [1.54, 1.807) is 12.1 Å². The zero-order chi connectivity index (χ0) is 20.5. The van der Waals surface area contributed by atoms with E-state index in [2.05, 4.69) is 22.1 Å². The van der Waals surface area contributed by atoms with Gasteiger partial charge in [-0.1, -0.05) is 6.92 Å². The molecule has 2 fully saturated rings. The second kappa shape index (κ2) is 8.20. The van der Waals surface area contributed by atoms with E-state index in [0.29, 0.717) is 36.5 Å². The summed E-state index contributed by atoms with van der Waals surface area (Å²) in [6.45, 7) is 4.91. The number of amides is 1. The van der Waals surface area contributed by atoms with Crippen LogP contribution in [0.1, 0.15) is 25.3 Å². The van der Waals surface area contributed by atoms with Crippen LogP contribution in [0.15, 0.2) is 30.5 Å². The van der Waals surface area contributed by atoms with Crippen LogP contribution in [0.25, 0.3) is 10.9 Å². The number of likely N-dealkylation sites (tertiary alicyclic amines) is 1. The maximum Gasteiger partial charge on any atom is 0.265 e. The first-order chi connectivity index (χ1) is 13.9. The van der Waals surface area contributed by atoms with Crippen LogP contribution in [0.3, 0.4) is 0 Å². The number of rotatable bonds is 5. The molecule has 3 heterocycles. The minimum atomic E-state index is -2.58. The van der Waals surface area contributed by atoms with Gasteiger partial charge in [0.2, 0.25) is 5.91 Å². The van der Waals surface area contributed by atoms with Crippen molar-refractivity contribution in [3.05, 3.63) is 36.0 Å². The van der Waals surface area contributed by atoms with Gasteiger partial charge in [-0.05, 0) is 36.6 Å². The van der Waals surface area contributed by atoms with Crippen molar-refractivity contribution < 1.29 is 18.7 Å². The van der Waals surface area contributed by atoms with Gasteiger partial charge in [0.15, 0.2) is 0 Å². The Morgan fingerprint density at radius 2 is 2.07 bits per heavy atom. The maximum atomic E-state index is 13.4. The number of nitrogens with zero attached hydrogens (tertiary/aromatic N) is 3. The van der Waals surface area contributed by atoms with Crippen LogP contribution < -0.4 is 10.2 Å². The number of hydrogen-bond acceptors (Lipinski definition) is 5. The lowest BCUT2D eigenvalue weighted by atomic mass is 9.94. The summed E-state index contributed by atoms with van der Waals surface area (Å²) < 4.78 is 26.8. The Labute approximate surface area is 168 Å². The van der Waals surface area contributed by atoms with Crippen molar-refractivity contribution in [1.82, 2.24) is 15.2 Å². The first kappa shape index (κ1) is 20.0. The van der Waals surface area contributed by atoms with E-state index in [-0.39, 0.29) is 30.2 Å². The summed E-state index contributed by atoms with van der Waals surface area (Å²) in [7, 11) is 0. The number of aliphatic hydroxyl groups is 1. The predicted octanol–water partition coefficient (Wildman–Crippen LogP) is 2.18. The van der Waals surface area contributed by atoms with Crippen LogP contribution in [-0.2, 0) is 4.79 Å². The molecule has 0 saturated carbocycles. The topological polar surface area (TPSA) is 68.7 Å². The summed E-state index contributed by atoms with van der Waals surface area (Å²) in [5.74, 6) is 0.303. The molecule has 0 radical (unpaired) electrons. The Morgan fingerprint density at radius 3 is 2.79 bits per heavy atom. The highest BCUT2D eigenvalue weighted by Crippen LogP contribution is 2.34. The summed E-state index contributed by atoms with van der Waals surface area (Å²) in [4.78, 5) is 20.6. The monoisotopic (exact) mass is 404 g/mol. The smallest absolute Gasteiger partial charge is 0.265 e. The third-order valence-electron chi connectivity index (χ3n) is 5.68. The van der Waals surface area contributed by atoms with Crippen LogP contribution in [0.2, 0.25) is 0 Å². The summed E-state index contributed by atoms with van der Waals surface area (Å²) >= 11 is 0. The van der Waals surface area contributed by atoms with Crippen molar-refractivity contribution in [2.75, 3.05) is 37.6 Å². The number of aromatic nitrogens is 1. The Morgan fingerprint density at radius 1 is 1.28 bits per heavy atom. The first-order valence-electron chi connectivity index (χ1n) is 10.0. The molecule has 2 atom stereocenters. The molecule has 6 nitrogen and oxygen atoms in total. The van der Waals surface area contributed by atoms with Crippen molar-refractivity contribution in [1.29, 1.82) is 0 Å². The number of aliphatic hydroxyl groups excluding tert-OH is 1. The molecule has 2 aliphatic heterocycles. The number of carbonyl (C=O) groups excluding carboxylic acids is 1. The average molecular weight is 404 g/mol. The van der Waals surface area contributed by atoms with Gasteiger partial charge in [0.1, 0.15) is 0 Å². The molecule has 0 aliphatic carbocycles. The van der Waals surface area contributed by atoms with Crippen LogP contribution in [-0.4, -0.2) is 65.8 Å². The molecule has 0 bridgehead atoms. The molecule has 4 rings (SSSR count). The number of hydrogen-bond donors (Lipinski definition) is 2. The minimum absolute atomic E-state index is 0.0149. The van der Waals surface area contributed by atoms with Gasteiger partial charge in [-0.3, -0.25) is 14.7 Å². The Bertz CT molecular complexity index is 888. The number of fused-ring (bicyclic) bond motifs is 1. The molecule has 8 heteroatoms. The number of nitrogens with one attached hydrogen (secondary N) is 1. The second-order valence-corrected chi connectivity index (χ2v) is 8.23. The summed E-state index contributed by atoms with van der Waals surface area (Å²) in [6, 6.07) is 6.76. The van der Waals surface area contributed by atoms with Gasteiger partial charge in [0, 0.05) is 55.1 Å². The number of pyridine rings is 1. The maximum absolute atomic E-state index is 13.4. The largest absolute Gasteiger partial charge is 0.390 e. The van der Waals surface area contributed by atoms with Gasteiger partial charge in [-0.25, -0.2) is 8.78 Å². The van der Waals surface area contributed by atoms with Gasteiger partial charge in [-0.15, -0.1) is 0 Å². The predicted molar refractivity (Wildman–Crippen MR) is 107 cm³/mol. The molecule has 1 aromatic heterocycles. The van der Waals surface area contributed by atoms with Gasteiger partial charge in [0.25, 0.3) is 6.43 Å². The number of halogens is 2. The van der Waals surface area contributed by atoms with Crippen molar-refractivity contribution >= 4 is 22.5 Å². The number of β-amino-alcohol motifs (C(OH)–C–C–N with tert-alkyl or cyclic N) is 1. The lowest BCUT2D eigenvalue weighted by molar-refractivity contribution is -0.125. The molecule has 156 valence electrons. The second-order valence-electron chi connectivity index (χ2n) is 8.23. The van der Waals surface area contributed by atoms with Crippen molar-refractivity contribution in [2.45, 2.75) is 31.9 Å². The minimum Gasteiger partial charge on any atom is -0.390 e. The lowest BCUT2D eigenvalue weighted by Crippen LogP contribution is -2.56. The SMILES string of the molecule is C[C@H]1C[C@@H](NC(=O)CN2CC(O)C2)CN(c2ccc(C(F)F)c3ncccc23)C1. The molecular weight excluding hydrogens is 378 g/mol. The van der Waals surface area contributed by atoms with Gasteiger partial charge in [0.05, 0.1) is 18.2 Å². The molecule has 0 unspecified atom stereocenters. The van der Waals surface area contributed by atoms with E-state index >= 15 is 0 Å². The molecule has 2 aliphatic rings. The molecule has 2 N–H and O–H groups in total. The number of alkyl halides is 2. The zero-order valence-electron chi connectivity index (χ0n) is 16.4. The molecule has 2 saturated heterocycles. The molecule has 1 amide bonds. The fourth-order valence-corrected chi connectivity index (χ4v) is 4.43. The van der Waals surface area contributed by atoms with Crippen LogP contribution in [0.5, 0.6) is 0 Å². The Kier molecular flexibility index (Phi) is 5.65. The quantitative estimate of drug-likeness (QED) is 0.800. The van der Waals surface area contributed by atoms with Crippen molar-refractivity contribution in [2.24, 2.45) is 5.92 Å². The molecule has 1 aromatic carbocycles. The van der Waals surface area contributed by atoms with E-state index < -0.39 is 6.43 Å². The van der Waals surface area contributed by atoms with E-state index in [1.807, 2.05) is 11.0 Å². The van der Waals surface area contributed by atoms with Gasteiger partial charge in [-0.2, -0.15) is 0 Å². The van der Waals surface area contributed by atoms with E-state index in [0.717, 1.165) is 18.7 Å². The highest BCUT2D eigenvalue weighted by atomic mass is 19.3. The average Bonchev–Trinajstić information content (AvgIpc) is 2.65. The molecule has 29 heavy (non-hydrogen) atoms. The van der Waals surface area contributed by atoms with Crippen LogP contribution in [0.4, 0.5) is 14.5 Å². The molecule has 0 spiro atoms. The van der Waals surface area contributed by atoms with E-state index in [4.69, 9.17) is 0 Å². The van der Waals surface area contributed by atoms with E-state index in [9.17, 15) is 18.7 Å². The first-order valence-corrected chi connectivity index (χ1v) is 10.0. The fraction of sp³-hybridized carbons (Fsp3) is 0.524.